The highest BCUT2D eigenvalue weighted by atomic mass is 32.2. The van der Waals surface area contributed by atoms with Crippen LogP contribution in [0.15, 0.2) is 94.3 Å². The third-order valence-corrected chi connectivity index (χ3v) is 5.38. The van der Waals surface area contributed by atoms with Crippen molar-refractivity contribution in [1.29, 1.82) is 0 Å². The lowest BCUT2D eigenvalue weighted by Crippen LogP contribution is -2.12. The first-order valence-corrected chi connectivity index (χ1v) is 10.4. The largest absolute Gasteiger partial charge is 0.457 e. The van der Waals surface area contributed by atoms with Crippen LogP contribution in [-0.4, -0.2) is 11.1 Å². The minimum Gasteiger partial charge on any atom is -0.457 e. The maximum atomic E-state index is 12.8. The summed E-state index contributed by atoms with van der Waals surface area (Å²) < 4.78 is 10.9. The van der Waals surface area contributed by atoms with E-state index in [1.807, 2.05) is 91.9 Å². The number of hydrogen-bond donors (Lipinski definition) is 1. The zero-order chi connectivity index (χ0) is 20.8. The van der Waals surface area contributed by atoms with Gasteiger partial charge in [-0.2, -0.15) is 0 Å². The van der Waals surface area contributed by atoms with Crippen LogP contribution < -0.4 is 10.1 Å². The second-order valence-corrected chi connectivity index (χ2v) is 7.62. The molecule has 1 heterocycles. The number of hydrogen-bond acceptors (Lipinski definition) is 5. The summed E-state index contributed by atoms with van der Waals surface area (Å²) >= 11 is 1.55. The van der Waals surface area contributed by atoms with Gasteiger partial charge in [-0.15, -0.1) is 11.8 Å². The highest BCUT2D eigenvalue weighted by Gasteiger charge is 2.13. The zero-order valence-corrected chi connectivity index (χ0v) is 17.2. The molecule has 3 aromatic carbocycles. The molecule has 5 nitrogen and oxygen atoms in total. The molecule has 6 heteroatoms. The molecule has 4 rings (SSSR count). The van der Waals surface area contributed by atoms with Gasteiger partial charge in [0.1, 0.15) is 17.3 Å². The molecule has 0 aliphatic rings. The topological polar surface area (TPSA) is 64.4 Å². The van der Waals surface area contributed by atoms with E-state index >= 15 is 0 Å². The van der Waals surface area contributed by atoms with E-state index in [4.69, 9.17) is 9.26 Å². The number of anilines is 1. The van der Waals surface area contributed by atoms with Crippen molar-refractivity contribution in [2.45, 2.75) is 17.6 Å². The van der Waals surface area contributed by atoms with Crippen molar-refractivity contribution in [3.63, 3.8) is 0 Å². The Hall–Kier alpha value is -3.51. The normalized spacial score (nSPS) is 10.6. The number of carbonyl (C=O) groups excluding carboxylic acids is 1. The number of thioether (sulfide) groups is 1. The van der Waals surface area contributed by atoms with Crippen LogP contribution in [0.25, 0.3) is 0 Å². The number of carbonyl (C=O) groups is 1. The molecule has 0 aliphatic carbocycles. The first-order chi connectivity index (χ1) is 14.7. The fourth-order valence-corrected chi connectivity index (χ4v) is 3.78. The molecular weight excluding hydrogens is 396 g/mol. The Bertz CT molecular complexity index is 1120. The minimum atomic E-state index is -0.161. The second-order valence-electron chi connectivity index (χ2n) is 6.61. The fourth-order valence-electron chi connectivity index (χ4n) is 2.85. The smallest absolute Gasteiger partial charge is 0.256 e. The Labute approximate surface area is 179 Å². The minimum absolute atomic E-state index is 0.161. The lowest BCUT2D eigenvalue weighted by Gasteiger charge is -2.10. The van der Waals surface area contributed by atoms with Crippen LogP contribution in [0, 0.1) is 6.92 Å². The summed E-state index contributed by atoms with van der Waals surface area (Å²) in [6, 6.07) is 26.3. The Morgan fingerprint density at radius 2 is 1.67 bits per heavy atom. The lowest BCUT2D eigenvalue weighted by molar-refractivity contribution is 0.102. The number of nitrogens with zero attached hydrogens (tertiary/aromatic N) is 1. The Morgan fingerprint density at radius 1 is 0.967 bits per heavy atom. The molecule has 0 aliphatic heterocycles. The number of aryl methyl sites for hydroxylation is 1. The van der Waals surface area contributed by atoms with Gasteiger partial charge in [0.05, 0.1) is 11.3 Å². The van der Waals surface area contributed by atoms with Crippen LogP contribution in [0.1, 0.15) is 21.8 Å². The van der Waals surface area contributed by atoms with E-state index in [-0.39, 0.29) is 5.91 Å². The predicted octanol–water partition coefficient (Wildman–Crippen LogP) is 6.32. The van der Waals surface area contributed by atoms with E-state index in [1.54, 1.807) is 11.8 Å². The summed E-state index contributed by atoms with van der Waals surface area (Å²) in [7, 11) is 0. The third-order valence-electron chi connectivity index (χ3n) is 4.28. The first-order valence-electron chi connectivity index (χ1n) is 9.46. The SMILES string of the molecule is Cc1cc(CSc2ccccc2C(=O)Nc2ccc(Oc3ccccc3)cc2)no1. The van der Waals surface area contributed by atoms with Gasteiger partial charge in [0, 0.05) is 22.4 Å². The van der Waals surface area contributed by atoms with Crippen LogP contribution in [0.3, 0.4) is 0 Å². The first kappa shape index (κ1) is 19.8. The molecule has 0 unspecified atom stereocenters. The number of benzene rings is 3. The number of nitrogens with one attached hydrogen (secondary N) is 1. The van der Waals surface area contributed by atoms with Crippen molar-refractivity contribution < 1.29 is 14.1 Å². The Kier molecular flexibility index (Phi) is 6.15. The van der Waals surface area contributed by atoms with E-state index in [0.29, 0.717) is 22.8 Å². The van der Waals surface area contributed by atoms with Gasteiger partial charge in [-0.25, -0.2) is 0 Å². The van der Waals surface area contributed by atoms with E-state index in [9.17, 15) is 4.79 Å². The molecular formula is C24H20N2O3S. The molecule has 1 aromatic heterocycles. The average molecular weight is 417 g/mol. The second kappa shape index (κ2) is 9.33. The molecule has 1 N–H and O–H groups in total. The summed E-state index contributed by atoms with van der Waals surface area (Å²) in [5.41, 5.74) is 2.17. The number of aromatic nitrogens is 1. The van der Waals surface area contributed by atoms with Crippen molar-refractivity contribution in [2.24, 2.45) is 0 Å². The van der Waals surface area contributed by atoms with Crippen LogP contribution >= 0.6 is 11.8 Å². The summed E-state index contributed by atoms with van der Waals surface area (Å²) in [5.74, 6) is 2.72. The van der Waals surface area contributed by atoms with Crippen molar-refractivity contribution in [1.82, 2.24) is 5.16 Å². The summed E-state index contributed by atoms with van der Waals surface area (Å²) in [4.78, 5) is 13.7. The van der Waals surface area contributed by atoms with E-state index < -0.39 is 0 Å². The molecule has 0 fully saturated rings. The van der Waals surface area contributed by atoms with E-state index in [2.05, 4.69) is 10.5 Å². The number of para-hydroxylation sites is 1. The van der Waals surface area contributed by atoms with E-state index in [1.165, 1.54) is 0 Å². The number of rotatable bonds is 7. The monoisotopic (exact) mass is 416 g/mol. The molecule has 1 amide bonds. The summed E-state index contributed by atoms with van der Waals surface area (Å²) in [6.07, 6.45) is 0. The van der Waals surface area contributed by atoms with Gasteiger partial charge in [0.15, 0.2) is 0 Å². The van der Waals surface area contributed by atoms with E-state index in [0.717, 1.165) is 22.1 Å². The zero-order valence-electron chi connectivity index (χ0n) is 16.4. The van der Waals surface area contributed by atoms with Gasteiger partial charge in [-0.3, -0.25) is 4.79 Å². The van der Waals surface area contributed by atoms with Gasteiger partial charge < -0.3 is 14.6 Å². The van der Waals surface area contributed by atoms with Gasteiger partial charge in [0.25, 0.3) is 5.91 Å². The number of amides is 1. The summed E-state index contributed by atoms with van der Waals surface area (Å²) in [6.45, 7) is 1.86. The van der Waals surface area contributed by atoms with Gasteiger partial charge >= 0.3 is 0 Å². The molecule has 0 atom stereocenters. The Morgan fingerprint density at radius 3 is 2.40 bits per heavy atom. The number of ether oxygens (including phenoxy) is 1. The predicted molar refractivity (Wildman–Crippen MR) is 118 cm³/mol. The van der Waals surface area contributed by atoms with Crippen molar-refractivity contribution in [3.05, 3.63) is 102 Å². The molecule has 0 saturated carbocycles. The van der Waals surface area contributed by atoms with Crippen LogP contribution in [0.2, 0.25) is 0 Å². The van der Waals surface area contributed by atoms with Crippen molar-refractivity contribution in [3.8, 4) is 11.5 Å². The molecule has 30 heavy (non-hydrogen) atoms. The third kappa shape index (κ3) is 5.10. The highest BCUT2D eigenvalue weighted by Crippen LogP contribution is 2.27. The van der Waals surface area contributed by atoms with Crippen LogP contribution in [0.4, 0.5) is 5.69 Å². The maximum Gasteiger partial charge on any atom is 0.256 e. The highest BCUT2D eigenvalue weighted by molar-refractivity contribution is 7.98. The molecule has 4 aromatic rings. The van der Waals surface area contributed by atoms with Crippen molar-refractivity contribution >= 4 is 23.4 Å². The van der Waals surface area contributed by atoms with Crippen molar-refractivity contribution in [2.75, 3.05) is 5.32 Å². The van der Waals surface area contributed by atoms with Gasteiger partial charge in [-0.1, -0.05) is 35.5 Å². The average Bonchev–Trinajstić information content (AvgIpc) is 3.20. The molecule has 150 valence electrons. The maximum absolute atomic E-state index is 12.8. The molecule has 0 saturated heterocycles. The molecule has 0 radical (unpaired) electrons. The quantitative estimate of drug-likeness (QED) is 0.357. The fraction of sp³-hybridized carbons (Fsp3) is 0.0833. The Balaban J connectivity index is 1.41. The van der Waals surface area contributed by atoms with Gasteiger partial charge in [0.2, 0.25) is 0 Å². The lowest BCUT2D eigenvalue weighted by atomic mass is 10.2. The summed E-state index contributed by atoms with van der Waals surface area (Å²) in [5, 5.41) is 6.95. The van der Waals surface area contributed by atoms with Crippen LogP contribution in [0.5, 0.6) is 11.5 Å². The molecule has 0 bridgehead atoms. The molecule has 0 spiro atoms. The van der Waals surface area contributed by atoms with Gasteiger partial charge in [-0.05, 0) is 55.5 Å². The standard InChI is InChI=1S/C24H20N2O3S/c1-17-15-19(26-29-17)16-30-23-10-6-5-9-22(23)24(27)25-18-11-13-21(14-12-18)28-20-7-3-2-4-8-20/h2-15H,16H2,1H3,(H,25,27). The van der Waals surface area contributed by atoms with Crippen LogP contribution in [-0.2, 0) is 5.75 Å².